The van der Waals surface area contributed by atoms with E-state index in [1.54, 1.807) is 0 Å². The van der Waals surface area contributed by atoms with Crippen molar-refractivity contribution >= 4 is 23.1 Å². The van der Waals surface area contributed by atoms with Gasteiger partial charge in [-0.2, -0.15) is 0 Å². The Bertz CT molecular complexity index is 684. The Kier molecular flexibility index (Phi) is 11.7. The standard InChI is InChI=1S/C29H56O3Si2/c1-13-15-16-17-18-23(31-34(11,12)28(6,7)8)19-20-24-25(27(3,4)5)22-26(30)29(24,21-14-2)32-33(9)10/h14,19-20,23-25,33H,2,13,15-18,21-22H2,1,3-12H3/t23-,24+,25+,29-/m0/s1. The van der Waals surface area contributed by atoms with Gasteiger partial charge >= 0.3 is 0 Å². The summed E-state index contributed by atoms with van der Waals surface area (Å²) < 4.78 is 13.5. The lowest BCUT2D eigenvalue weighted by Crippen LogP contribution is -2.47. The van der Waals surface area contributed by atoms with E-state index in [1.807, 2.05) is 6.08 Å². The zero-order valence-electron chi connectivity index (χ0n) is 24.4. The molecule has 0 unspecified atom stereocenters. The van der Waals surface area contributed by atoms with E-state index >= 15 is 0 Å². The Balaban J connectivity index is 3.39. The molecule has 0 spiro atoms. The normalized spacial score (nSPS) is 25.5. The number of unbranched alkanes of at least 4 members (excludes halogenated alkanes) is 3. The smallest absolute Gasteiger partial charge is 0.192 e. The zero-order valence-corrected chi connectivity index (χ0v) is 26.6. The van der Waals surface area contributed by atoms with Crippen molar-refractivity contribution in [1.82, 2.24) is 0 Å². The first kappa shape index (κ1) is 31.5. The third kappa shape index (κ3) is 8.28. The minimum absolute atomic E-state index is 0.0202. The maximum absolute atomic E-state index is 13.5. The highest BCUT2D eigenvalue weighted by molar-refractivity contribution is 6.74. The van der Waals surface area contributed by atoms with Gasteiger partial charge in [0.2, 0.25) is 0 Å². The number of hydrogen-bond acceptors (Lipinski definition) is 3. The van der Waals surface area contributed by atoms with Gasteiger partial charge in [0.05, 0.1) is 6.10 Å². The number of rotatable bonds is 13. The van der Waals surface area contributed by atoms with Gasteiger partial charge in [0.1, 0.15) is 5.60 Å². The monoisotopic (exact) mass is 508 g/mol. The number of Topliss-reactive ketones (excluding diaryl/α,β-unsaturated/α-hetero) is 1. The molecule has 0 radical (unpaired) electrons. The summed E-state index contributed by atoms with van der Waals surface area (Å²) in [4.78, 5) is 13.5. The lowest BCUT2D eigenvalue weighted by atomic mass is 9.71. The molecule has 3 nitrogen and oxygen atoms in total. The fourth-order valence-electron chi connectivity index (χ4n) is 4.99. The van der Waals surface area contributed by atoms with Crippen molar-refractivity contribution in [2.75, 3.05) is 0 Å². The van der Waals surface area contributed by atoms with E-state index < -0.39 is 23.0 Å². The molecule has 0 aromatic heterocycles. The van der Waals surface area contributed by atoms with Crippen molar-refractivity contribution in [3.63, 3.8) is 0 Å². The second kappa shape index (κ2) is 12.6. The highest BCUT2D eigenvalue weighted by Crippen LogP contribution is 2.51. The van der Waals surface area contributed by atoms with E-state index in [9.17, 15) is 4.79 Å². The number of hydrogen-bond donors (Lipinski definition) is 0. The highest BCUT2D eigenvalue weighted by Gasteiger charge is 2.56. The number of carbonyl (C=O) groups is 1. The highest BCUT2D eigenvalue weighted by atomic mass is 28.4. The largest absolute Gasteiger partial charge is 0.411 e. The van der Waals surface area contributed by atoms with Gasteiger partial charge < -0.3 is 8.85 Å². The zero-order chi connectivity index (χ0) is 26.4. The van der Waals surface area contributed by atoms with Gasteiger partial charge in [-0.15, -0.1) is 6.58 Å². The quantitative estimate of drug-likeness (QED) is 0.142. The third-order valence-electron chi connectivity index (χ3n) is 7.98. The van der Waals surface area contributed by atoms with E-state index in [0.717, 1.165) is 6.42 Å². The molecule has 0 aromatic carbocycles. The third-order valence-corrected chi connectivity index (χ3v) is 13.4. The fourth-order valence-corrected chi connectivity index (χ4v) is 7.52. The first-order valence-corrected chi connectivity index (χ1v) is 19.4. The van der Waals surface area contributed by atoms with Crippen LogP contribution in [-0.4, -0.2) is 34.8 Å². The average Bonchev–Trinajstić information content (AvgIpc) is 2.93. The van der Waals surface area contributed by atoms with E-state index in [4.69, 9.17) is 8.85 Å². The van der Waals surface area contributed by atoms with Crippen LogP contribution in [0.25, 0.3) is 0 Å². The molecule has 1 aliphatic rings. The summed E-state index contributed by atoms with van der Waals surface area (Å²) in [5.41, 5.74) is -0.743. The summed E-state index contributed by atoms with van der Waals surface area (Å²) in [7, 11) is -3.36. The van der Waals surface area contributed by atoms with Crippen LogP contribution < -0.4 is 0 Å². The van der Waals surface area contributed by atoms with Gasteiger partial charge in [0, 0.05) is 18.8 Å². The summed E-state index contributed by atoms with van der Waals surface area (Å²) in [6.07, 6.45) is 13.7. The Labute approximate surface area is 215 Å². The topological polar surface area (TPSA) is 35.5 Å². The van der Waals surface area contributed by atoms with Crippen LogP contribution in [-0.2, 0) is 13.6 Å². The SMILES string of the molecule is C=CC[C@@]1(O[SiH](C)C)C(=O)C[C@@H](C(C)(C)C)[C@H]1C=C[C@H](CCCCCC)O[Si](C)(C)C(C)(C)C. The molecular formula is C29H56O3Si2. The Hall–Kier alpha value is -0.496. The molecule has 198 valence electrons. The van der Waals surface area contributed by atoms with Crippen molar-refractivity contribution in [3.8, 4) is 0 Å². The molecule has 4 atom stereocenters. The Morgan fingerprint density at radius 3 is 2.24 bits per heavy atom. The average molecular weight is 509 g/mol. The van der Waals surface area contributed by atoms with Gasteiger partial charge in [-0.3, -0.25) is 4.79 Å². The minimum Gasteiger partial charge on any atom is -0.411 e. The van der Waals surface area contributed by atoms with Crippen LogP contribution in [0.5, 0.6) is 0 Å². The molecule has 5 heteroatoms. The van der Waals surface area contributed by atoms with Crippen molar-refractivity contribution < 1.29 is 13.6 Å². The van der Waals surface area contributed by atoms with Crippen LogP contribution in [0.4, 0.5) is 0 Å². The summed E-state index contributed by atoms with van der Waals surface area (Å²) in [5, 5.41) is 0.165. The molecule has 1 fully saturated rings. The van der Waals surface area contributed by atoms with Crippen LogP contribution in [0.2, 0.25) is 31.2 Å². The Morgan fingerprint density at radius 2 is 1.76 bits per heavy atom. The van der Waals surface area contributed by atoms with Crippen molar-refractivity contribution in [3.05, 3.63) is 24.8 Å². The number of ketones is 1. The molecule has 0 heterocycles. The second-order valence-electron chi connectivity index (χ2n) is 13.3. The van der Waals surface area contributed by atoms with Crippen molar-refractivity contribution in [2.45, 2.75) is 136 Å². The van der Waals surface area contributed by atoms with Crippen LogP contribution in [0.3, 0.4) is 0 Å². The molecular weight excluding hydrogens is 452 g/mol. The lowest BCUT2D eigenvalue weighted by Gasteiger charge is -2.40. The summed E-state index contributed by atoms with van der Waals surface area (Å²) in [6, 6.07) is 0. The van der Waals surface area contributed by atoms with Crippen LogP contribution in [0.15, 0.2) is 24.8 Å². The molecule has 0 bridgehead atoms. The van der Waals surface area contributed by atoms with Crippen molar-refractivity contribution in [2.24, 2.45) is 17.3 Å². The summed E-state index contributed by atoms with van der Waals surface area (Å²) in [5.74, 6) is 0.555. The van der Waals surface area contributed by atoms with E-state index in [1.165, 1.54) is 25.7 Å². The lowest BCUT2D eigenvalue weighted by molar-refractivity contribution is -0.132. The molecule has 1 rings (SSSR count). The summed E-state index contributed by atoms with van der Waals surface area (Å²) >= 11 is 0. The molecule has 0 aromatic rings. The maximum atomic E-state index is 13.5. The van der Waals surface area contributed by atoms with Crippen molar-refractivity contribution in [1.29, 1.82) is 0 Å². The minimum atomic E-state index is -1.92. The second-order valence-corrected chi connectivity index (χ2v) is 20.4. The molecule has 1 aliphatic carbocycles. The van der Waals surface area contributed by atoms with E-state index in [2.05, 4.69) is 93.4 Å². The predicted octanol–water partition coefficient (Wildman–Crippen LogP) is 8.47. The van der Waals surface area contributed by atoms with Gasteiger partial charge in [-0.25, -0.2) is 0 Å². The van der Waals surface area contributed by atoms with E-state index in [0.29, 0.717) is 12.8 Å². The number of carbonyl (C=O) groups excluding carboxylic acids is 1. The predicted molar refractivity (Wildman–Crippen MR) is 154 cm³/mol. The van der Waals surface area contributed by atoms with Crippen LogP contribution >= 0.6 is 0 Å². The molecule has 0 amide bonds. The molecule has 1 saturated carbocycles. The van der Waals surface area contributed by atoms with Crippen LogP contribution in [0, 0.1) is 17.3 Å². The molecule has 0 saturated heterocycles. The first-order chi connectivity index (χ1) is 15.5. The molecule has 0 aliphatic heterocycles. The molecule has 34 heavy (non-hydrogen) atoms. The molecule has 0 N–H and O–H groups in total. The Morgan fingerprint density at radius 1 is 1.15 bits per heavy atom. The fraction of sp³-hybridized carbons (Fsp3) is 0.828. The van der Waals surface area contributed by atoms with Gasteiger partial charge in [-0.1, -0.05) is 92.4 Å². The van der Waals surface area contributed by atoms with Gasteiger partial charge in [0.25, 0.3) is 0 Å². The maximum Gasteiger partial charge on any atom is 0.192 e. The first-order valence-electron chi connectivity index (χ1n) is 13.7. The van der Waals surface area contributed by atoms with E-state index in [-0.39, 0.29) is 34.2 Å². The van der Waals surface area contributed by atoms with Gasteiger partial charge in [0.15, 0.2) is 23.1 Å². The van der Waals surface area contributed by atoms with Crippen LogP contribution in [0.1, 0.15) is 93.4 Å². The van der Waals surface area contributed by atoms with Gasteiger partial charge in [-0.05, 0) is 49.0 Å². The summed E-state index contributed by atoms with van der Waals surface area (Å²) in [6.45, 7) is 29.0.